The van der Waals surface area contributed by atoms with E-state index in [0.717, 1.165) is 24.9 Å². The molecule has 1 aromatic carbocycles. The molecular formula is C17H23N3. The highest BCUT2D eigenvalue weighted by atomic mass is 15.3. The molecule has 2 N–H and O–H groups in total. The second-order valence-corrected chi connectivity index (χ2v) is 6.75. The lowest BCUT2D eigenvalue weighted by Gasteiger charge is -2.21. The summed E-state index contributed by atoms with van der Waals surface area (Å²) in [5.74, 6) is 0. The van der Waals surface area contributed by atoms with Gasteiger partial charge in [-0.3, -0.25) is 0 Å². The molecule has 0 radical (unpaired) electrons. The summed E-state index contributed by atoms with van der Waals surface area (Å²) in [6.45, 7) is 6.70. The first-order valence-corrected chi connectivity index (χ1v) is 7.40. The van der Waals surface area contributed by atoms with E-state index in [1.807, 2.05) is 6.20 Å². The van der Waals surface area contributed by atoms with Crippen molar-refractivity contribution in [3.63, 3.8) is 0 Å². The van der Waals surface area contributed by atoms with Gasteiger partial charge in [-0.15, -0.1) is 0 Å². The van der Waals surface area contributed by atoms with E-state index in [-0.39, 0.29) is 11.5 Å². The summed E-state index contributed by atoms with van der Waals surface area (Å²) in [6, 6.07) is 8.88. The number of benzene rings is 1. The summed E-state index contributed by atoms with van der Waals surface area (Å²) in [5, 5.41) is 4.55. The Balaban J connectivity index is 1.98. The number of hydrogen-bond acceptors (Lipinski definition) is 2. The third-order valence-electron chi connectivity index (χ3n) is 4.21. The van der Waals surface area contributed by atoms with Gasteiger partial charge in [0.15, 0.2) is 0 Å². The van der Waals surface area contributed by atoms with Crippen molar-refractivity contribution in [3.8, 4) is 5.69 Å². The summed E-state index contributed by atoms with van der Waals surface area (Å²) < 4.78 is 2.06. The molecule has 1 aromatic heterocycles. The average Bonchev–Trinajstić information content (AvgIpc) is 2.83. The Bertz CT molecular complexity index is 602. The first-order valence-electron chi connectivity index (χ1n) is 7.40. The largest absolute Gasteiger partial charge is 0.324 e. The highest BCUT2D eigenvalue weighted by Crippen LogP contribution is 2.30. The van der Waals surface area contributed by atoms with Crippen LogP contribution in [0.15, 0.2) is 30.5 Å². The molecular weight excluding hydrogens is 246 g/mol. The molecule has 0 aliphatic heterocycles. The summed E-state index contributed by atoms with van der Waals surface area (Å²) in [6.07, 6.45) is 5.24. The van der Waals surface area contributed by atoms with E-state index in [4.69, 9.17) is 5.73 Å². The van der Waals surface area contributed by atoms with Gasteiger partial charge < -0.3 is 5.73 Å². The second-order valence-electron chi connectivity index (χ2n) is 6.75. The molecule has 106 valence electrons. The molecule has 1 aliphatic rings. The van der Waals surface area contributed by atoms with Crippen LogP contribution in [-0.2, 0) is 11.8 Å². The van der Waals surface area contributed by atoms with E-state index in [1.54, 1.807) is 0 Å². The normalized spacial score (nSPS) is 18.9. The number of fused-ring (bicyclic) bond motifs is 1. The van der Waals surface area contributed by atoms with Crippen LogP contribution in [0.5, 0.6) is 0 Å². The Morgan fingerprint density at radius 2 is 1.90 bits per heavy atom. The third-order valence-corrected chi connectivity index (χ3v) is 4.21. The van der Waals surface area contributed by atoms with Crippen molar-refractivity contribution in [2.24, 2.45) is 5.73 Å². The van der Waals surface area contributed by atoms with E-state index in [9.17, 15) is 0 Å². The van der Waals surface area contributed by atoms with Crippen LogP contribution in [0.3, 0.4) is 0 Å². The minimum Gasteiger partial charge on any atom is -0.324 e. The van der Waals surface area contributed by atoms with Crippen LogP contribution in [0.1, 0.15) is 56.5 Å². The zero-order chi connectivity index (χ0) is 14.3. The predicted octanol–water partition coefficient (Wildman–Crippen LogP) is 3.51. The molecule has 0 amide bonds. The fraction of sp³-hybridized carbons (Fsp3) is 0.471. The standard InChI is InChI=1S/C17H23N3/c1-17(2,3)12-7-9-13(10-8-12)20-16-6-4-5-15(18)14(16)11-19-20/h7-11,15H,4-6,18H2,1-3H3/t15-/m1/s1. The second kappa shape index (κ2) is 4.74. The van der Waals surface area contributed by atoms with Crippen LogP contribution in [0, 0.1) is 0 Å². The molecule has 0 saturated carbocycles. The Labute approximate surface area is 120 Å². The summed E-state index contributed by atoms with van der Waals surface area (Å²) >= 11 is 0. The highest BCUT2D eigenvalue weighted by Gasteiger charge is 2.22. The van der Waals surface area contributed by atoms with Gasteiger partial charge in [0, 0.05) is 17.3 Å². The molecule has 1 heterocycles. The molecule has 0 bridgehead atoms. The van der Waals surface area contributed by atoms with Crippen LogP contribution in [-0.4, -0.2) is 9.78 Å². The van der Waals surface area contributed by atoms with Gasteiger partial charge in [0.25, 0.3) is 0 Å². The minimum absolute atomic E-state index is 0.154. The molecule has 0 unspecified atom stereocenters. The number of nitrogens with two attached hydrogens (primary N) is 1. The molecule has 1 atom stereocenters. The minimum atomic E-state index is 0.154. The fourth-order valence-corrected chi connectivity index (χ4v) is 2.92. The number of aromatic nitrogens is 2. The van der Waals surface area contributed by atoms with Gasteiger partial charge in [0.05, 0.1) is 11.9 Å². The van der Waals surface area contributed by atoms with Crippen molar-refractivity contribution >= 4 is 0 Å². The number of hydrogen-bond donors (Lipinski definition) is 1. The maximum atomic E-state index is 6.17. The molecule has 20 heavy (non-hydrogen) atoms. The van der Waals surface area contributed by atoms with Crippen LogP contribution >= 0.6 is 0 Å². The summed E-state index contributed by atoms with van der Waals surface area (Å²) in [7, 11) is 0. The van der Waals surface area contributed by atoms with E-state index < -0.39 is 0 Å². The Morgan fingerprint density at radius 3 is 2.55 bits per heavy atom. The van der Waals surface area contributed by atoms with E-state index in [2.05, 4.69) is 54.8 Å². The molecule has 0 spiro atoms. The highest BCUT2D eigenvalue weighted by molar-refractivity contribution is 5.40. The molecule has 2 aromatic rings. The van der Waals surface area contributed by atoms with Gasteiger partial charge in [-0.1, -0.05) is 32.9 Å². The Morgan fingerprint density at radius 1 is 1.20 bits per heavy atom. The van der Waals surface area contributed by atoms with Gasteiger partial charge in [-0.2, -0.15) is 5.10 Å². The van der Waals surface area contributed by atoms with E-state index in [0.29, 0.717) is 0 Å². The van der Waals surface area contributed by atoms with E-state index >= 15 is 0 Å². The lowest BCUT2D eigenvalue weighted by Crippen LogP contribution is -2.18. The maximum Gasteiger partial charge on any atom is 0.0649 e. The average molecular weight is 269 g/mol. The zero-order valence-electron chi connectivity index (χ0n) is 12.6. The smallest absolute Gasteiger partial charge is 0.0649 e. The van der Waals surface area contributed by atoms with Crippen LogP contribution in [0.4, 0.5) is 0 Å². The lowest BCUT2D eigenvalue weighted by atomic mass is 9.87. The van der Waals surface area contributed by atoms with Gasteiger partial charge in [0.2, 0.25) is 0 Å². The van der Waals surface area contributed by atoms with Crippen molar-refractivity contribution in [3.05, 3.63) is 47.3 Å². The van der Waals surface area contributed by atoms with Gasteiger partial charge in [-0.05, 0) is 42.4 Å². The monoisotopic (exact) mass is 269 g/mol. The maximum absolute atomic E-state index is 6.17. The predicted molar refractivity (Wildman–Crippen MR) is 82.1 cm³/mol. The van der Waals surface area contributed by atoms with Gasteiger partial charge >= 0.3 is 0 Å². The SMILES string of the molecule is CC(C)(C)c1ccc(-n2ncc3c2CCC[C@H]3N)cc1. The third kappa shape index (κ3) is 2.27. The number of rotatable bonds is 1. The van der Waals surface area contributed by atoms with Crippen molar-refractivity contribution in [2.45, 2.75) is 51.5 Å². The van der Waals surface area contributed by atoms with Crippen molar-refractivity contribution in [1.29, 1.82) is 0 Å². The van der Waals surface area contributed by atoms with Crippen LogP contribution in [0.2, 0.25) is 0 Å². The first-order chi connectivity index (χ1) is 9.47. The van der Waals surface area contributed by atoms with Crippen molar-refractivity contribution in [1.82, 2.24) is 9.78 Å². The van der Waals surface area contributed by atoms with Gasteiger partial charge in [-0.25, -0.2) is 4.68 Å². The summed E-state index contributed by atoms with van der Waals surface area (Å²) in [4.78, 5) is 0. The molecule has 0 fully saturated rings. The summed E-state index contributed by atoms with van der Waals surface area (Å²) in [5.41, 5.74) is 11.3. The Kier molecular flexibility index (Phi) is 3.17. The molecule has 3 nitrogen and oxygen atoms in total. The number of nitrogens with zero attached hydrogens (tertiary/aromatic N) is 2. The molecule has 3 rings (SSSR count). The molecule has 3 heteroatoms. The fourth-order valence-electron chi connectivity index (χ4n) is 2.92. The van der Waals surface area contributed by atoms with Gasteiger partial charge in [0.1, 0.15) is 0 Å². The van der Waals surface area contributed by atoms with Crippen molar-refractivity contribution < 1.29 is 0 Å². The van der Waals surface area contributed by atoms with E-state index in [1.165, 1.54) is 16.8 Å². The molecule has 1 aliphatic carbocycles. The van der Waals surface area contributed by atoms with Crippen molar-refractivity contribution in [2.75, 3.05) is 0 Å². The Hall–Kier alpha value is -1.61. The first kappa shape index (κ1) is 13.4. The van der Waals surface area contributed by atoms with Crippen LogP contribution in [0.25, 0.3) is 5.69 Å². The quantitative estimate of drug-likeness (QED) is 0.861. The lowest BCUT2D eigenvalue weighted by molar-refractivity contribution is 0.557. The molecule has 0 saturated heterocycles. The topological polar surface area (TPSA) is 43.8 Å². The zero-order valence-corrected chi connectivity index (χ0v) is 12.6. The van der Waals surface area contributed by atoms with Crippen LogP contribution < -0.4 is 5.73 Å².